The summed E-state index contributed by atoms with van der Waals surface area (Å²) >= 11 is 0. The van der Waals surface area contributed by atoms with Gasteiger partial charge in [-0.05, 0) is 19.3 Å². The van der Waals surface area contributed by atoms with Crippen LogP contribution in [0, 0.1) is 0 Å². The van der Waals surface area contributed by atoms with Crippen LogP contribution in [0.1, 0.15) is 51.9 Å². The van der Waals surface area contributed by atoms with E-state index in [9.17, 15) is 22.8 Å². The second-order valence-corrected chi connectivity index (χ2v) is 5.95. The molecule has 0 bridgehead atoms. The molecule has 2 fully saturated rings. The number of amides is 2. The summed E-state index contributed by atoms with van der Waals surface area (Å²) in [6.45, 7) is 0.498. The third-order valence-electron chi connectivity index (χ3n) is 4.40. The molecule has 1 atom stereocenters. The average Bonchev–Trinajstić information content (AvgIpc) is 2.42. The molecule has 0 aromatic rings. The number of nitrogens with one attached hydrogen (secondary N) is 1. The van der Waals surface area contributed by atoms with Crippen molar-refractivity contribution in [2.24, 2.45) is 0 Å². The van der Waals surface area contributed by atoms with Crippen LogP contribution in [-0.2, 0) is 9.59 Å². The molecule has 7 heteroatoms. The first-order valence-corrected chi connectivity index (χ1v) is 7.49. The Labute approximate surface area is 122 Å². The molecule has 1 saturated heterocycles. The van der Waals surface area contributed by atoms with E-state index in [1.807, 2.05) is 6.92 Å². The summed E-state index contributed by atoms with van der Waals surface area (Å²) in [6, 6.07) is -0.822. The van der Waals surface area contributed by atoms with E-state index in [0.717, 1.165) is 11.3 Å². The van der Waals surface area contributed by atoms with Crippen LogP contribution >= 0.6 is 0 Å². The van der Waals surface area contributed by atoms with Crippen LogP contribution in [0.3, 0.4) is 0 Å². The molecule has 1 unspecified atom stereocenters. The minimum atomic E-state index is -4.49. The smallest absolute Gasteiger partial charge is 0.342 e. The van der Waals surface area contributed by atoms with Crippen LogP contribution in [0.25, 0.3) is 0 Å². The topological polar surface area (TPSA) is 49.4 Å². The lowest BCUT2D eigenvalue weighted by molar-refractivity contribution is -0.186. The molecule has 1 aliphatic heterocycles. The number of hydrogen-bond acceptors (Lipinski definition) is 2. The van der Waals surface area contributed by atoms with Crippen LogP contribution < -0.4 is 5.32 Å². The van der Waals surface area contributed by atoms with Crippen LogP contribution in [0.4, 0.5) is 13.2 Å². The molecule has 1 saturated carbocycles. The quantitative estimate of drug-likeness (QED) is 0.870. The van der Waals surface area contributed by atoms with Gasteiger partial charge in [0.05, 0.1) is 0 Å². The molecule has 120 valence electrons. The second-order valence-electron chi connectivity index (χ2n) is 5.95. The van der Waals surface area contributed by atoms with E-state index in [2.05, 4.69) is 5.32 Å². The van der Waals surface area contributed by atoms with E-state index in [1.165, 1.54) is 0 Å². The Hall–Kier alpha value is -1.27. The largest absolute Gasteiger partial charge is 0.406 e. The zero-order valence-corrected chi connectivity index (χ0v) is 12.1. The van der Waals surface area contributed by atoms with Crippen molar-refractivity contribution in [1.29, 1.82) is 0 Å². The Balaban J connectivity index is 2.32. The fourth-order valence-corrected chi connectivity index (χ4v) is 3.40. The van der Waals surface area contributed by atoms with Gasteiger partial charge in [0.25, 0.3) is 0 Å². The summed E-state index contributed by atoms with van der Waals surface area (Å²) in [5.41, 5.74) is -1.30. The summed E-state index contributed by atoms with van der Waals surface area (Å²) in [7, 11) is 0. The average molecular weight is 306 g/mol. The predicted molar refractivity (Wildman–Crippen MR) is 70.4 cm³/mol. The summed E-state index contributed by atoms with van der Waals surface area (Å²) < 4.78 is 38.6. The third kappa shape index (κ3) is 3.16. The van der Waals surface area contributed by atoms with Crippen molar-refractivity contribution in [2.75, 3.05) is 6.54 Å². The third-order valence-corrected chi connectivity index (χ3v) is 4.40. The number of piperazine rings is 1. The van der Waals surface area contributed by atoms with E-state index in [0.29, 0.717) is 38.5 Å². The van der Waals surface area contributed by atoms with Gasteiger partial charge in [0.2, 0.25) is 11.8 Å². The standard InChI is InChI=1S/C14H21F3N2O2/c1-2-6-10-11(20)19(9-14(15,16)17)13(12(21)18-10)7-4-3-5-8-13/h10H,2-9H2,1H3,(H,18,21). The molecule has 21 heavy (non-hydrogen) atoms. The molecule has 0 aromatic carbocycles. The number of carbonyl (C=O) groups excluding carboxylic acids is 2. The van der Waals surface area contributed by atoms with Gasteiger partial charge in [-0.2, -0.15) is 13.2 Å². The highest BCUT2D eigenvalue weighted by Crippen LogP contribution is 2.38. The fourth-order valence-electron chi connectivity index (χ4n) is 3.40. The van der Waals surface area contributed by atoms with Gasteiger partial charge in [-0.1, -0.05) is 32.6 Å². The maximum absolute atomic E-state index is 12.9. The van der Waals surface area contributed by atoms with Gasteiger partial charge in [-0.15, -0.1) is 0 Å². The Kier molecular flexibility index (Phi) is 4.49. The Bertz CT molecular complexity index is 417. The van der Waals surface area contributed by atoms with Crippen molar-refractivity contribution in [3.8, 4) is 0 Å². The van der Waals surface area contributed by atoms with Crippen LogP contribution in [0.2, 0.25) is 0 Å². The lowest BCUT2D eigenvalue weighted by Crippen LogP contribution is -2.72. The normalized spacial score (nSPS) is 26.1. The van der Waals surface area contributed by atoms with Gasteiger partial charge in [0, 0.05) is 0 Å². The van der Waals surface area contributed by atoms with E-state index in [4.69, 9.17) is 0 Å². The zero-order chi connectivity index (χ0) is 15.7. The predicted octanol–water partition coefficient (Wildman–Crippen LogP) is 2.38. The molecule has 0 aromatic heterocycles. The maximum Gasteiger partial charge on any atom is 0.406 e. The Morgan fingerprint density at radius 3 is 2.38 bits per heavy atom. The van der Waals surface area contributed by atoms with Gasteiger partial charge in [-0.25, -0.2) is 0 Å². The highest BCUT2D eigenvalue weighted by Gasteiger charge is 2.55. The monoisotopic (exact) mass is 306 g/mol. The second kappa shape index (κ2) is 5.85. The van der Waals surface area contributed by atoms with Gasteiger partial charge in [0.1, 0.15) is 18.1 Å². The minimum Gasteiger partial charge on any atom is -0.342 e. The highest BCUT2D eigenvalue weighted by molar-refractivity contribution is 5.99. The number of hydrogen-bond donors (Lipinski definition) is 1. The molecule has 1 N–H and O–H groups in total. The van der Waals surface area contributed by atoms with Gasteiger partial charge in [0.15, 0.2) is 0 Å². The molecule has 2 rings (SSSR count). The molecule has 0 radical (unpaired) electrons. The molecule has 1 aliphatic carbocycles. The first kappa shape index (κ1) is 16.1. The lowest BCUT2D eigenvalue weighted by Gasteiger charge is -2.50. The van der Waals surface area contributed by atoms with Crippen LogP contribution in [-0.4, -0.2) is 41.0 Å². The minimum absolute atomic E-state index is 0.319. The van der Waals surface area contributed by atoms with E-state index < -0.39 is 36.1 Å². The molecule has 1 spiro atoms. The molecule has 1 heterocycles. The van der Waals surface area contributed by atoms with Crippen LogP contribution in [0.15, 0.2) is 0 Å². The zero-order valence-electron chi connectivity index (χ0n) is 12.1. The summed E-state index contributed by atoms with van der Waals surface area (Å²) in [5.74, 6) is -1.000. The van der Waals surface area contributed by atoms with Crippen molar-refractivity contribution >= 4 is 11.8 Å². The van der Waals surface area contributed by atoms with Gasteiger partial charge in [-0.3, -0.25) is 9.59 Å². The van der Waals surface area contributed by atoms with Crippen molar-refractivity contribution in [3.63, 3.8) is 0 Å². The number of carbonyl (C=O) groups is 2. The van der Waals surface area contributed by atoms with Crippen molar-refractivity contribution in [2.45, 2.75) is 69.6 Å². The van der Waals surface area contributed by atoms with Crippen molar-refractivity contribution in [3.05, 3.63) is 0 Å². The van der Waals surface area contributed by atoms with Gasteiger partial charge < -0.3 is 10.2 Å². The maximum atomic E-state index is 12.9. The van der Waals surface area contributed by atoms with Crippen LogP contribution in [0.5, 0.6) is 0 Å². The highest BCUT2D eigenvalue weighted by atomic mass is 19.4. The molecule has 4 nitrogen and oxygen atoms in total. The SMILES string of the molecule is CCCC1NC(=O)C2(CCCCC2)N(CC(F)(F)F)C1=O. The van der Waals surface area contributed by atoms with E-state index >= 15 is 0 Å². The number of alkyl halides is 3. The van der Waals surface area contributed by atoms with E-state index in [-0.39, 0.29) is 0 Å². The first-order chi connectivity index (χ1) is 9.80. The summed E-state index contributed by atoms with van der Waals surface area (Å²) in [4.78, 5) is 25.7. The van der Waals surface area contributed by atoms with Crippen molar-refractivity contribution in [1.82, 2.24) is 10.2 Å². The molecule has 2 aliphatic rings. The van der Waals surface area contributed by atoms with Crippen molar-refractivity contribution < 1.29 is 22.8 Å². The number of nitrogens with zero attached hydrogens (tertiary/aromatic N) is 1. The van der Waals surface area contributed by atoms with E-state index in [1.54, 1.807) is 0 Å². The Morgan fingerprint density at radius 2 is 1.86 bits per heavy atom. The van der Waals surface area contributed by atoms with Gasteiger partial charge >= 0.3 is 6.18 Å². The molecular formula is C14H21F3N2O2. The fraction of sp³-hybridized carbons (Fsp3) is 0.857. The Morgan fingerprint density at radius 1 is 1.24 bits per heavy atom. The summed E-state index contributed by atoms with van der Waals surface area (Å²) in [6.07, 6.45) is -0.617. The molecular weight excluding hydrogens is 285 g/mol. The number of rotatable bonds is 3. The first-order valence-electron chi connectivity index (χ1n) is 7.49. The number of halogens is 3. The molecule has 2 amide bonds. The lowest BCUT2D eigenvalue weighted by atomic mass is 9.77. The summed E-state index contributed by atoms with van der Waals surface area (Å²) in [5, 5.41) is 2.65.